The van der Waals surface area contributed by atoms with Crippen LogP contribution in [-0.2, 0) is 32.7 Å². The largest absolute Gasteiger partial charge is 0.472 e. The first-order valence-corrected chi connectivity index (χ1v) is 30.1. The molecule has 0 heterocycles. The smallest absolute Gasteiger partial charge is 0.462 e. The Morgan fingerprint density at radius 1 is 0.400 bits per heavy atom. The molecule has 10 heteroatoms. The molecule has 0 bridgehead atoms. The molecule has 9 nitrogen and oxygen atoms in total. The van der Waals surface area contributed by atoms with E-state index in [9.17, 15) is 19.0 Å². The molecule has 420 valence electrons. The number of phosphoric ester groups is 1. The van der Waals surface area contributed by atoms with Gasteiger partial charge in [-0.3, -0.25) is 18.6 Å². The number of carbonyl (C=O) groups is 2. The molecule has 0 aliphatic rings. The minimum absolute atomic E-state index is 0.0330. The Bertz CT molecular complexity index is 1820. The molecule has 0 saturated heterocycles. The average Bonchev–Trinajstić information content (AvgIpc) is 3.40. The zero-order valence-electron chi connectivity index (χ0n) is 46.7. The average molecular weight is 1060 g/mol. The third-order valence-corrected chi connectivity index (χ3v) is 12.1. The maximum absolute atomic E-state index is 12.7. The van der Waals surface area contributed by atoms with Crippen LogP contribution in [0.3, 0.4) is 0 Å². The van der Waals surface area contributed by atoms with E-state index in [2.05, 4.69) is 178 Å². The lowest BCUT2D eigenvalue weighted by molar-refractivity contribution is -0.161. The van der Waals surface area contributed by atoms with Crippen molar-refractivity contribution in [2.45, 2.75) is 200 Å². The van der Waals surface area contributed by atoms with E-state index in [1.54, 1.807) is 0 Å². The zero-order valence-corrected chi connectivity index (χ0v) is 47.6. The lowest BCUT2D eigenvalue weighted by atomic mass is 10.1. The van der Waals surface area contributed by atoms with Gasteiger partial charge in [-0.15, -0.1) is 0 Å². The minimum Gasteiger partial charge on any atom is -0.462 e. The Labute approximate surface area is 457 Å². The van der Waals surface area contributed by atoms with Crippen molar-refractivity contribution in [2.24, 2.45) is 5.73 Å². The summed E-state index contributed by atoms with van der Waals surface area (Å²) >= 11 is 0. The molecule has 3 N–H and O–H groups in total. The van der Waals surface area contributed by atoms with Gasteiger partial charge in [0.05, 0.1) is 13.2 Å². The highest BCUT2D eigenvalue weighted by Gasteiger charge is 2.26. The Morgan fingerprint density at radius 3 is 1.07 bits per heavy atom. The molecule has 0 aromatic carbocycles. The normalized spacial score (nSPS) is 14.3. The molecule has 0 fully saturated rings. The molecule has 0 spiro atoms. The van der Waals surface area contributed by atoms with Crippen LogP contribution in [0.5, 0.6) is 0 Å². The summed E-state index contributed by atoms with van der Waals surface area (Å²) in [6.45, 7) is 3.41. The van der Waals surface area contributed by atoms with Crippen molar-refractivity contribution in [3.05, 3.63) is 170 Å². The zero-order chi connectivity index (χ0) is 54.5. The fraction of sp³-hybridized carbons (Fsp3) is 0.538. The van der Waals surface area contributed by atoms with Crippen molar-refractivity contribution >= 4 is 19.8 Å². The summed E-state index contributed by atoms with van der Waals surface area (Å²) < 4.78 is 32.9. The lowest BCUT2D eigenvalue weighted by Gasteiger charge is -2.19. The monoisotopic (exact) mass is 1060 g/mol. The molecule has 2 unspecified atom stereocenters. The lowest BCUT2D eigenvalue weighted by Crippen LogP contribution is -2.29. The summed E-state index contributed by atoms with van der Waals surface area (Å²) in [5.41, 5.74) is 5.37. The number of esters is 2. The Hall–Kier alpha value is -4.63. The maximum Gasteiger partial charge on any atom is 0.472 e. The molecule has 75 heavy (non-hydrogen) atoms. The van der Waals surface area contributed by atoms with Gasteiger partial charge >= 0.3 is 19.8 Å². The quantitative estimate of drug-likeness (QED) is 0.0264. The number of carbonyl (C=O) groups excluding carboxylic acids is 2. The molecule has 0 aliphatic heterocycles. The number of hydrogen-bond acceptors (Lipinski definition) is 8. The van der Waals surface area contributed by atoms with Crippen molar-refractivity contribution < 1.29 is 37.6 Å². The number of ether oxygens (including phenoxy) is 2. The first kappa shape index (κ1) is 70.4. The van der Waals surface area contributed by atoms with E-state index in [4.69, 9.17) is 24.3 Å². The van der Waals surface area contributed by atoms with Crippen LogP contribution < -0.4 is 5.73 Å². The van der Waals surface area contributed by atoms with Crippen LogP contribution >= 0.6 is 7.82 Å². The summed E-state index contributed by atoms with van der Waals surface area (Å²) in [5.74, 6) is -0.920. The number of phosphoric acid groups is 1. The van der Waals surface area contributed by atoms with E-state index in [-0.39, 0.29) is 32.6 Å². The van der Waals surface area contributed by atoms with Gasteiger partial charge < -0.3 is 20.1 Å². The number of rotatable bonds is 51. The SMILES string of the molecule is CC/C=C\C/C=C\C/C=C\C/C=C\C/C=C\C/C=C\C/C=C\C/C=C\C/C=C\CCCC(=O)OC(COC(=O)CCCCCCCCCCC/C=C\C/C=C\C/C=C\C/C=C\C/C=C\CC)COP(=O)(O)OCCN. The van der Waals surface area contributed by atoms with Gasteiger partial charge in [-0.1, -0.05) is 229 Å². The summed E-state index contributed by atoms with van der Waals surface area (Å²) in [6.07, 6.45) is 86.9. The van der Waals surface area contributed by atoms with Crippen molar-refractivity contribution in [3.8, 4) is 0 Å². The maximum atomic E-state index is 12.7. The van der Waals surface area contributed by atoms with E-state index >= 15 is 0 Å². The van der Waals surface area contributed by atoms with Gasteiger partial charge in [0.2, 0.25) is 0 Å². The molecule has 0 aromatic heterocycles. The van der Waals surface area contributed by atoms with Crippen LogP contribution in [0.25, 0.3) is 0 Å². The van der Waals surface area contributed by atoms with Gasteiger partial charge in [0.25, 0.3) is 0 Å². The van der Waals surface area contributed by atoms with Crippen LogP contribution in [0.15, 0.2) is 170 Å². The van der Waals surface area contributed by atoms with Gasteiger partial charge in [0.1, 0.15) is 6.61 Å². The first-order chi connectivity index (χ1) is 36.8. The highest BCUT2D eigenvalue weighted by molar-refractivity contribution is 7.47. The molecule has 0 radical (unpaired) electrons. The molecular formula is C65H102NO8P. The second-order valence-electron chi connectivity index (χ2n) is 18.0. The Morgan fingerprint density at radius 2 is 0.707 bits per heavy atom. The third-order valence-electron chi connectivity index (χ3n) is 11.1. The fourth-order valence-electron chi connectivity index (χ4n) is 6.96. The van der Waals surface area contributed by atoms with E-state index in [1.807, 2.05) is 6.08 Å². The van der Waals surface area contributed by atoms with Gasteiger partial charge in [0, 0.05) is 19.4 Å². The predicted octanol–water partition coefficient (Wildman–Crippen LogP) is 18.3. The van der Waals surface area contributed by atoms with E-state index < -0.39 is 32.5 Å². The summed E-state index contributed by atoms with van der Waals surface area (Å²) in [4.78, 5) is 35.2. The first-order valence-electron chi connectivity index (χ1n) is 28.6. The fourth-order valence-corrected chi connectivity index (χ4v) is 7.72. The van der Waals surface area contributed by atoms with Gasteiger partial charge in [-0.2, -0.15) is 0 Å². The summed E-state index contributed by atoms with van der Waals surface area (Å²) in [6, 6.07) is 0. The second kappa shape index (κ2) is 58.6. The van der Waals surface area contributed by atoms with Crippen molar-refractivity contribution in [1.29, 1.82) is 0 Å². The predicted molar refractivity (Wildman–Crippen MR) is 320 cm³/mol. The highest BCUT2D eigenvalue weighted by atomic mass is 31.2. The third kappa shape index (κ3) is 58.5. The van der Waals surface area contributed by atoms with Gasteiger partial charge in [0.15, 0.2) is 6.10 Å². The summed E-state index contributed by atoms with van der Waals surface area (Å²) in [5, 5.41) is 0. The molecule has 2 atom stereocenters. The van der Waals surface area contributed by atoms with E-state index in [0.29, 0.717) is 19.3 Å². The minimum atomic E-state index is -4.42. The molecule has 0 rings (SSSR count). The van der Waals surface area contributed by atoms with Crippen LogP contribution in [0.4, 0.5) is 0 Å². The Kier molecular flexibility index (Phi) is 55.0. The summed E-state index contributed by atoms with van der Waals surface area (Å²) in [7, 11) is -4.42. The van der Waals surface area contributed by atoms with E-state index in [1.165, 1.54) is 32.1 Å². The van der Waals surface area contributed by atoms with Crippen molar-refractivity contribution in [2.75, 3.05) is 26.4 Å². The van der Waals surface area contributed by atoms with Crippen LogP contribution in [0, 0.1) is 0 Å². The van der Waals surface area contributed by atoms with Gasteiger partial charge in [-0.05, 0) is 122 Å². The van der Waals surface area contributed by atoms with Crippen LogP contribution in [0.2, 0.25) is 0 Å². The molecule has 0 aromatic rings. The van der Waals surface area contributed by atoms with E-state index in [0.717, 1.165) is 116 Å². The molecule has 0 amide bonds. The van der Waals surface area contributed by atoms with Crippen molar-refractivity contribution in [1.82, 2.24) is 0 Å². The number of allylic oxidation sites excluding steroid dienone is 28. The highest BCUT2D eigenvalue weighted by Crippen LogP contribution is 2.43. The number of hydrogen-bond donors (Lipinski definition) is 2. The standard InChI is InChI=1S/C65H102NO8P/c1-3-5-7-9-11-13-15-17-19-21-23-25-27-29-30-31-32-34-36-38-40-42-44-46-48-50-52-54-56-58-65(68)74-63(62-73-75(69,70)72-60-59-66)61-71-64(67)57-55-53-51-49-47-45-43-41-39-37-35-33-28-26-24-22-20-18-16-14-12-10-8-6-4-2/h5-8,11-14,17-20,23-26,29-30,32-35,38,40,44,46,50,52,63H,3-4,9-10,15-16,21-22,27-28,31,36-37,39,41-43,45,47-49,51,53-62,66H2,1-2H3,(H,69,70)/b7-5-,8-6-,13-11-,14-12-,19-17-,20-18-,25-23-,26-24-,30-29-,34-32-,35-33-,40-38-,46-44-,52-50-. The second-order valence-corrected chi connectivity index (χ2v) is 19.5. The van der Waals surface area contributed by atoms with Crippen LogP contribution in [0.1, 0.15) is 194 Å². The number of nitrogens with two attached hydrogens (primary N) is 1. The van der Waals surface area contributed by atoms with Crippen molar-refractivity contribution in [3.63, 3.8) is 0 Å². The topological polar surface area (TPSA) is 134 Å². The van der Waals surface area contributed by atoms with Gasteiger partial charge in [-0.25, -0.2) is 4.57 Å². The Balaban J connectivity index is 4.18. The molecule has 0 saturated carbocycles. The molecule has 0 aliphatic carbocycles. The molecular weight excluding hydrogens is 954 g/mol. The number of unbranched alkanes of at least 4 members (excludes halogenated alkanes) is 10. The van der Waals surface area contributed by atoms with Crippen LogP contribution in [-0.4, -0.2) is 49.3 Å².